The Balaban J connectivity index is 1.59. The van der Waals surface area contributed by atoms with Crippen molar-refractivity contribution in [2.75, 3.05) is 31.4 Å². The zero-order valence-corrected chi connectivity index (χ0v) is 21.0. The fraction of sp³-hybridized carbons (Fsp3) is 0.269. The van der Waals surface area contributed by atoms with Gasteiger partial charge in [0.05, 0.1) is 38.7 Å². The van der Waals surface area contributed by atoms with Crippen LogP contribution < -0.4 is 23.8 Å². The topological polar surface area (TPSA) is 94.2 Å². The van der Waals surface area contributed by atoms with E-state index in [1.165, 1.54) is 10.6 Å². The first-order valence-corrected chi connectivity index (χ1v) is 12.8. The van der Waals surface area contributed by atoms with Crippen molar-refractivity contribution >= 4 is 21.6 Å². The number of anilines is 1. The van der Waals surface area contributed by atoms with Crippen LogP contribution in [0.1, 0.15) is 24.1 Å². The van der Waals surface area contributed by atoms with Gasteiger partial charge in [-0.15, -0.1) is 0 Å². The number of carbonyl (C=O) groups is 1. The molecule has 8 nitrogen and oxygen atoms in total. The highest BCUT2D eigenvalue weighted by atomic mass is 32.2. The smallest absolute Gasteiger partial charge is 0.258 e. The first kappa shape index (κ1) is 25.9. The summed E-state index contributed by atoms with van der Waals surface area (Å²) in [5.41, 5.74) is 2.24. The van der Waals surface area contributed by atoms with Crippen molar-refractivity contribution in [1.82, 2.24) is 5.32 Å². The second-order valence-corrected chi connectivity index (χ2v) is 9.85. The first-order chi connectivity index (χ1) is 16.7. The van der Waals surface area contributed by atoms with E-state index >= 15 is 0 Å². The average Bonchev–Trinajstić information content (AvgIpc) is 2.86. The van der Waals surface area contributed by atoms with Gasteiger partial charge in [0.2, 0.25) is 10.0 Å². The Morgan fingerprint density at radius 3 is 2.20 bits per heavy atom. The third-order valence-corrected chi connectivity index (χ3v) is 6.49. The molecule has 0 bridgehead atoms. The molecule has 0 aromatic heterocycles. The lowest BCUT2D eigenvalue weighted by Gasteiger charge is -2.23. The molecule has 186 valence electrons. The van der Waals surface area contributed by atoms with Gasteiger partial charge in [-0.3, -0.25) is 9.10 Å². The van der Waals surface area contributed by atoms with Crippen molar-refractivity contribution in [2.24, 2.45) is 0 Å². The molecule has 0 fully saturated rings. The first-order valence-electron chi connectivity index (χ1n) is 11.0. The Morgan fingerprint density at radius 1 is 0.943 bits per heavy atom. The number of rotatable bonds is 11. The number of nitrogens with one attached hydrogen (secondary N) is 1. The minimum absolute atomic E-state index is 0.184. The summed E-state index contributed by atoms with van der Waals surface area (Å²) < 4.78 is 42.2. The molecule has 1 atom stereocenters. The van der Waals surface area contributed by atoms with Gasteiger partial charge in [0.15, 0.2) is 18.1 Å². The van der Waals surface area contributed by atoms with Crippen LogP contribution in [-0.4, -0.2) is 41.4 Å². The molecule has 3 aromatic rings. The molecule has 0 aliphatic carbocycles. The molecule has 0 spiro atoms. The van der Waals surface area contributed by atoms with Gasteiger partial charge in [-0.05, 0) is 54.4 Å². The molecule has 0 saturated carbocycles. The highest BCUT2D eigenvalue weighted by molar-refractivity contribution is 7.92. The summed E-state index contributed by atoms with van der Waals surface area (Å²) >= 11 is 0. The van der Waals surface area contributed by atoms with Crippen molar-refractivity contribution in [1.29, 1.82) is 0 Å². The summed E-state index contributed by atoms with van der Waals surface area (Å²) in [6.07, 6.45) is 1.17. The fourth-order valence-electron chi connectivity index (χ4n) is 3.50. The summed E-state index contributed by atoms with van der Waals surface area (Å²) in [5.74, 6) is 1.35. The molecule has 0 aliphatic rings. The third-order valence-electron chi connectivity index (χ3n) is 5.35. The average molecular weight is 499 g/mol. The predicted molar refractivity (Wildman–Crippen MR) is 136 cm³/mol. The minimum atomic E-state index is -3.49. The molecule has 1 unspecified atom stereocenters. The van der Waals surface area contributed by atoms with Gasteiger partial charge in [0, 0.05) is 0 Å². The van der Waals surface area contributed by atoms with Crippen LogP contribution in [0.3, 0.4) is 0 Å². The summed E-state index contributed by atoms with van der Waals surface area (Å²) in [7, 11) is -0.372. The molecule has 3 aromatic carbocycles. The molecular weight excluding hydrogens is 468 g/mol. The number of sulfonamides is 1. The van der Waals surface area contributed by atoms with Crippen molar-refractivity contribution < 1.29 is 27.4 Å². The van der Waals surface area contributed by atoms with E-state index in [0.29, 0.717) is 22.9 Å². The van der Waals surface area contributed by atoms with Gasteiger partial charge >= 0.3 is 0 Å². The SMILES string of the molecule is COc1ccc(C(C)NC(=O)COc2ccc(N(Cc3ccccc3)S(C)(=O)=O)cc2)cc1OC. The molecule has 0 saturated heterocycles. The summed E-state index contributed by atoms with van der Waals surface area (Å²) in [6.45, 7) is 1.90. The van der Waals surface area contributed by atoms with Crippen LogP contribution in [-0.2, 0) is 21.4 Å². The normalized spacial score (nSPS) is 11.9. The number of benzene rings is 3. The quantitative estimate of drug-likeness (QED) is 0.431. The molecule has 1 N–H and O–H groups in total. The third kappa shape index (κ3) is 7.13. The zero-order chi connectivity index (χ0) is 25.4. The second-order valence-electron chi connectivity index (χ2n) is 7.94. The minimum Gasteiger partial charge on any atom is -0.493 e. The molecule has 0 aliphatic heterocycles. The number of amides is 1. The van der Waals surface area contributed by atoms with Crippen LogP contribution in [0.4, 0.5) is 5.69 Å². The van der Waals surface area contributed by atoms with Crippen LogP contribution in [0.5, 0.6) is 17.2 Å². The predicted octanol–water partition coefficient (Wildman–Crippen LogP) is 3.93. The molecule has 0 radical (unpaired) electrons. The van der Waals surface area contributed by atoms with Gasteiger partial charge in [-0.2, -0.15) is 0 Å². The van der Waals surface area contributed by atoms with E-state index in [1.807, 2.05) is 49.4 Å². The number of hydrogen-bond acceptors (Lipinski definition) is 6. The number of hydrogen-bond donors (Lipinski definition) is 1. The van der Waals surface area contributed by atoms with Gasteiger partial charge in [-0.1, -0.05) is 36.4 Å². The molecule has 1 amide bonds. The van der Waals surface area contributed by atoms with E-state index < -0.39 is 10.0 Å². The van der Waals surface area contributed by atoms with Crippen LogP contribution in [0.25, 0.3) is 0 Å². The lowest BCUT2D eigenvalue weighted by Crippen LogP contribution is -2.31. The maximum absolute atomic E-state index is 12.4. The number of carbonyl (C=O) groups excluding carboxylic acids is 1. The number of nitrogens with zero attached hydrogens (tertiary/aromatic N) is 1. The van der Waals surface area contributed by atoms with Gasteiger partial charge in [-0.25, -0.2) is 8.42 Å². The monoisotopic (exact) mass is 498 g/mol. The summed E-state index contributed by atoms with van der Waals surface area (Å²) in [5, 5.41) is 2.88. The Kier molecular flexibility index (Phi) is 8.59. The van der Waals surface area contributed by atoms with Gasteiger partial charge in [0.1, 0.15) is 5.75 Å². The van der Waals surface area contributed by atoms with Gasteiger partial charge in [0.25, 0.3) is 5.91 Å². The summed E-state index contributed by atoms with van der Waals surface area (Å²) in [4.78, 5) is 12.4. The van der Waals surface area contributed by atoms with E-state index in [-0.39, 0.29) is 25.1 Å². The van der Waals surface area contributed by atoms with Gasteiger partial charge < -0.3 is 19.5 Å². The van der Waals surface area contributed by atoms with E-state index in [1.54, 1.807) is 44.6 Å². The number of methoxy groups -OCH3 is 2. The largest absolute Gasteiger partial charge is 0.493 e. The maximum Gasteiger partial charge on any atom is 0.258 e. The Hall–Kier alpha value is -3.72. The summed E-state index contributed by atoms with van der Waals surface area (Å²) in [6, 6.07) is 21.1. The Labute approximate surface area is 206 Å². The van der Waals surface area contributed by atoms with E-state index in [2.05, 4.69) is 5.32 Å². The molecule has 9 heteroatoms. The number of ether oxygens (including phenoxy) is 3. The van der Waals surface area contributed by atoms with Crippen molar-refractivity contribution in [3.63, 3.8) is 0 Å². The van der Waals surface area contributed by atoms with E-state index in [4.69, 9.17) is 14.2 Å². The molecule has 3 rings (SSSR count). The molecule has 35 heavy (non-hydrogen) atoms. The second kappa shape index (κ2) is 11.6. The fourth-order valence-corrected chi connectivity index (χ4v) is 4.38. The van der Waals surface area contributed by atoms with Crippen LogP contribution >= 0.6 is 0 Å². The van der Waals surface area contributed by atoms with E-state index in [9.17, 15) is 13.2 Å². The Morgan fingerprint density at radius 2 is 1.60 bits per heavy atom. The van der Waals surface area contributed by atoms with E-state index in [0.717, 1.165) is 11.1 Å². The molecular formula is C26H30N2O6S. The maximum atomic E-state index is 12.4. The van der Waals surface area contributed by atoms with Crippen molar-refractivity contribution in [3.05, 3.63) is 83.9 Å². The Bertz CT molecular complexity index is 1230. The van der Waals surface area contributed by atoms with Crippen molar-refractivity contribution in [2.45, 2.75) is 19.5 Å². The lowest BCUT2D eigenvalue weighted by molar-refractivity contribution is -0.123. The van der Waals surface area contributed by atoms with Crippen LogP contribution in [0.15, 0.2) is 72.8 Å². The van der Waals surface area contributed by atoms with Crippen molar-refractivity contribution in [3.8, 4) is 17.2 Å². The highest BCUT2D eigenvalue weighted by Crippen LogP contribution is 2.30. The highest BCUT2D eigenvalue weighted by Gasteiger charge is 2.18. The zero-order valence-electron chi connectivity index (χ0n) is 20.2. The van der Waals surface area contributed by atoms with Crippen LogP contribution in [0, 0.1) is 0 Å². The standard InChI is InChI=1S/C26H30N2O6S/c1-19(21-10-15-24(32-2)25(16-21)33-3)27-26(29)18-34-23-13-11-22(12-14-23)28(35(4,30)31)17-20-8-6-5-7-9-20/h5-16,19H,17-18H2,1-4H3,(H,27,29). The lowest BCUT2D eigenvalue weighted by atomic mass is 10.1. The molecule has 0 heterocycles. The van der Waals surface area contributed by atoms with Crippen LogP contribution in [0.2, 0.25) is 0 Å².